The zero-order valence-electron chi connectivity index (χ0n) is 13.7. The van der Waals surface area contributed by atoms with E-state index in [1.807, 2.05) is 18.7 Å². The molecule has 1 amide bonds. The van der Waals surface area contributed by atoms with Crippen LogP contribution in [0.25, 0.3) is 0 Å². The molecular formula is C16H21N5O2. The number of carbonyl (C=O) groups is 1. The monoisotopic (exact) mass is 315 g/mol. The SMILES string of the molecule is CCc1nc(C)ncc1C(=O)N1CCC[C@@H](c2noc(C)n2)C1. The average Bonchev–Trinajstić information content (AvgIpc) is 3.01. The molecule has 0 N–H and O–H groups in total. The summed E-state index contributed by atoms with van der Waals surface area (Å²) in [4.78, 5) is 27.6. The number of piperidine rings is 1. The number of rotatable bonds is 3. The minimum absolute atomic E-state index is 0.00762. The van der Waals surface area contributed by atoms with Crippen LogP contribution in [0.5, 0.6) is 0 Å². The molecule has 0 aliphatic carbocycles. The van der Waals surface area contributed by atoms with Crippen molar-refractivity contribution in [3.63, 3.8) is 0 Å². The van der Waals surface area contributed by atoms with Gasteiger partial charge in [0.2, 0.25) is 5.89 Å². The van der Waals surface area contributed by atoms with Gasteiger partial charge in [0.05, 0.1) is 11.3 Å². The van der Waals surface area contributed by atoms with E-state index in [0.29, 0.717) is 36.1 Å². The minimum Gasteiger partial charge on any atom is -0.340 e. The fourth-order valence-corrected chi connectivity index (χ4v) is 2.99. The van der Waals surface area contributed by atoms with Crippen LogP contribution in [-0.2, 0) is 6.42 Å². The Morgan fingerprint density at radius 3 is 2.91 bits per heavy atom. The second-order valence-corrected chi connectivity index (χ2v) is 5.89. The summed E-state index contributed by atoms with van der Waals surface area (Å²) in [7, 11) is 0. The smallest absolute Gasteiger partial charge is 0.257 e. The number of aromatic nitrogens is 4. The number of likely N-dealkylation sites (tertiary alicyclic amines) is 1. The van der Waals surface area contributed by atoms with Crippen molar-refractivity contribution in [3.8, 4) is 0 Å². The van der Waals surface area contributed by atoms with Gasteiger partial charge in [-0.25, -0.2) is 9.97 Å². The summed E-state index contributed by atoms with van der Waals surface area (Å²) in [5.41, 5.74) is 1.41. The minimum atomic E-state index is -0.00762. The Morgan fingerprint density at radius 2 is 2.22 bits per heavy atom. The largest absolute Gasteiger partial charge is 0.340 e. The lowest BCUT2D eigenvalue weighted by atomic mass is 9.96. The second-order valence-electron chi connectivity index (χ2n) is 5.89. The number of aryl methyl sites for hydroxylation is 3. The molecule has 1 aliphatic heterocycles. The van der Waals surface area contributed by atoms with Crippen molar-refractivity contribution in [1.29, 1.82) is 0 Å². The Hall–Kier alpha value is -2.31. The lowest BCUT2D eigenvalue weighted by Crippen LogP contribution is -2.40. The predicted molar refractivity (Wildman–Crippen MR) is 83.1 cm³/mol. The normalized spacial score (nSPS) is 18.2. The van der Waals surface area contributed by atoms with E-state index in [4.69, 9.17) is 4.52 Å². The third-order valence-electron chi connectivity index (χ3n) is 4.17. The zero-order chi connectivity index (χ0) is 16.4. The highest BCUT2D eigenvalue weighted by molar-refractivity contribution is 5.95. The van der Waals surface area contributed by atoms with Crippen molar-refractivity contribution in [3.05, 3.63) is 35.0 Å². The highest BCUT2D eigenvalue weighted by Gasteiger charge is 2.29. The van der Waals surface area contributed by atoms with E-state index in [2.05, 4.69) is 20.1 Å². The van der Waals surface area contributed by atoms with Crippen molar-refractivity contribution in [2.24, 2.45) is 0 Å². The molecule has 0 aromatic carbocycles. The van der Waals surface area contributed by atoms with E-state index in [-0.39, 0.29) is 11.8 Å². The first-order chi connectivity index (χ1) is 11.1. The van der Waals surface area contributed by atoms with Crippen molar-refractivity contribution >= 4 is 5.91 Å². The molecule has 3 rings (SSSR count). The summed E-state index contributed by atoms with van der Waals surface area (Å²) in [6.45, 7) is 6.96. The molecule has 0 spiro atoms. The standard InChI is InChI=1S/C16H21N5O2/c1-4-14-13(8-17-10(2)18-14)16(22)21-7-5-6-12(9-21)15-19-11(3)23-20-15/h8,12H,4-7,9H2,1-3H3/t12-/m1/s1. The van der Waals surface area contributed by atoms with E-state index >= 15 is 0 Å². The van der Waals surface area contributed by atoms with Crippen LogP contribution in [0.3, 0.4) is 0 Å². The quantitative estimate of drug-likeness (QED) is 0.862. The fraction of sp³-hybridized carbons (Fsp3) is 0.562. The molecule has 1 atom stereocenters. The maximum atomic E-state index is 12.9. The number of carbonyl (C=O) groups excluding carboxylic acids is 1. The van der Waals surface area contributed by atoms with Crippen molar-refractivity contribution < 1.29 is 9.32 Å². The van der Waals surface area contributed by atoms with Gasteiger partial charge in [0.15, 0.2) is 5.82 Å². The van der Waals surface area contributed by atoms with E-state index in [1.165, 1.54) is 0 Å². The molecule has 1 aliphatic rings. The van der Waals surface area contributed by atoms with Crippen LogP contribution in [0.1, 0.15) is 59.3 Å². The van der Waals surface area contributed by atoms with Crippen LogP contribution >= 0.6 is 0 Å². The maximum absolute atomic E-state index is 12.9. The van der Waals surface area contributed by atoms with Crippen LogP contribution < -0.4 is 0 Å². The van der Waals surface area contributed by atoms with Crippen LogP contribution in [0.4, 0.5) is 0 Å². The third-order valence-corrected chi connectivity index (χ3v) is 4.17. The van der Waals surface area contributed by atoms with E-state index in [0.717, 1.165) is 25.1 Å². The van der Waals surface area contributed by atoms with Gasteiger partial charge in [0.25, 0.3) is 5.91 Å². The molecule has 7 nitrogen and oxygen atoms in total. The lowest BCUT2D eigenvalue weighted by molar-refractivity contribution is 0.0701. The molecular weight excluding hydrogens is 294 g/mol. The summed E-state index contributed by atoms with van der Waals surface area (Å²) in [5.74, 6) is 2.06. The number of nitrogens with zero attached hydrogens (tertiary/aromatic N) is 5. The average molecular weight is 315 g/mol. The first kappa shape index (κ1) is 15.6. The van der Waals surface area contributed by atoms with Gasteiger partial charge in [0.1, 0.15) is 5.82 Å². The van der Waals surface area contributed by atoms with Crippen LogP contribution in [-0.4, -0.2) is 44.0 Å². The predicted octanol–water partition coefficient (Wildman–Crippen LogP) is 2.06. The summed E-state index contributed by atoms with van der Waals surface area (Å²) >= 11 is 0. The van der Waals surface area contributed by atoms with Gasteiger partial charge in [-0.2, -0.15) is 4.98 Å². The van der Waals surface area contributed by atoms with Gasteiger partial charge in [-0.3, -0.25) is 4.79 Å². The van der Waals surface area contributed by atoms with Gasteiger partial charge in [-0.15, -0.1) is 0 Å². The van der Waals surface area contributed by atoms with Crippen LogP contribution in [0, 0.1) is 13.8 Å². The molecule has 122 valence electrons. The highest BCUT2D eigenvalue weighted by atomic mass is 16.5. The van der Waals surface area contributed by atoms with Crippen LogP contribution in [0.15, 0.2) is 10.7 Å². The third kappa shape index (κ3) is 3.23. The molecule has 3 heterocycles. The molecule has 2 aromatic heterocycles. The van der Waals surface area contributed by atoms with Crippen molar-refractivity contribution in [2.45, 2.75) is 46.0 Å². The Kier molecular flexibility index (Phi) is 4.36. The Balaban J connectivity index is 1.79. The van der Waals surface area contributed by atoms with Crippen LogP contribution in [0.2, 0.25) is 0 Å². The maximum Gasteiger partial charge on any atom is 0.257 e. The molecule has 0 unspecified atom stereocenters. The van der Waals surface area contributed by atoms with Crippen molar-refractivity contribution in [1.82, 2.24) is 25.0 Å². The van der Waals surface area contributed by atoms with Gasteiger partial charge >= 0.3 is 0 Å². The topological polar surface area (TPSA) is 85.0 Å². The number of hydrogen-bond acceptors (Lipinski definition) is 6. The molecule has 7 heteroatoms. The van der Waals surface area contributed by atoms with E-state index in [9.17, 15) is 4.79 Å². The molecule has 1 fully saturated rings. The lowest BCUT2D eigenvalue weighted by Gasteiger charge is -2.31. The van der Waals surface area contributed by atoms with Gasteiger partial charge in [-0.1, -0.05) is 12.1 Å². The Bertz CT molecular complexity index is 712. The van der Waals surface area contributed by atoms with E-state index in [1.54, 1.807) is 13.1 Å². The summed E-state index contributed by atoms with van der Waals surface area (Å²) in [5, 5.41) is 4.00. The second kappa shape index (κ2) is 6.44. The first-order valence-corrected chi connectivity index (χ1v) is 8.00. The summed E-state index contributed by atoms with van der Waals surface area (Å²) < 4.78 is 5.06. The van der Waals surface area contributed by atoms with E-state index < -0.39 is 0 Å². The zero-order valence-corrected chi connectivity index (χ0v) is 13.7. The Morgan fingerprint density at radius 1 is 1.39 bits per heavy atom. The number of amides is 1. The molecule has 1 saturated heterocycles. The van der Waals surface area contributed by atoms with Gasteiger partial charge in [-0.05, 0) is 26.2 Å². The summed E-state index contributed by atoms with van der Waals surface area (Å²) in [6, 6.07) is 0. The van der Waals surface area contributed by atoms with Gasteiger partial charge in [0, 0.05) is 32.1 Å². The van der Waals surface area contributed by atoms with Gasteiger partial charge < -0.3 is 9.42 Å². The fourth-order valence-electron chi connectivity index (χ4n) is 2.99. The molecule has 0 saturated carbocycles. The first-order valence-electron chi connectivity index (χ1n) is 8.00. The number of hydrogen-bond donors (Lipinski definition) is 0. The molecule has 23 heavy (non-hydrogen) atoms. The summed E-state index contributed by atoms with van der Waals surface area (Å²) in [6.07, 6.45) is 4.25. The molecule has 0 radical (unpaired) electrons. The molecule has 0 bridgehead atoms. The van der Waals surface area contributed by atoms with Crippen molar-refractivity contribution in [2.75, 3.05) is 13.1 Å². The Labute approximate surface area is 135 Å². The molecule has 2 aromatic rings. The highest BCUT2D eigenvalue weighted by Crippen LogP contribution is 2.26.